The van der Waals surface area contributed by atoms with E-state index >= 15 is 0 Å². The third-order valence-corrected chi connectivity index (χ3v) is 6.53. The van der Waals surface area contributed by atoms with E-state index in [2.05, 4.69) is 127 Å². The number of benzene rings is 6. The minimum Gasteiger partial charge on any atom is -0.0939 e. The molecule has 0 saturated heterocycles. The van der Waals surface area contributed by atoms with Crippen LogP contribution in [0.2, 0.25) is 0 Å². The van der Waals surface area contributed by atoms with Gasteiger partial charge in [0.2, 0.25) is 0 Å². The van der Waals surface area contributed by atoms with Crippen LogP contribution in [-0.2, 0) is 0 Å². The summed E-state index contributed by atoms with van der Waals surface area (Å²) in [5.74, 6) is 1.18. The largest absolute Gasteiger partial charge is 0.0939 e. The molecule has 1 radical (unpaired) electrons. The van der Waals surface area contributed by atoms with Crippen LogP contribution in [0.25, 0.3) is 37.9 Å². The summed E-state index contributed by atoms with van der Waals surface area (Å²) in [5.41, 5.74) is 4.63. The summed E-state index contributed by atoms with van der Waals surface area (Å²) in [6.45, 7) is 4.70. The Hall–Kier alpha value is -4.16. The Morgan fingerprint density at radius 3 is 1.15 bits per heavy atom. The van der Waals surface area contributed by atoms with Gasteiger partial charge in [0.1, 0.15) is 0 Å². The van der Waals surface area contributed by atoms with E-state index in [1.807, 2.05) is 0 Å². The van der Waals surface area contributed by atoms with Crippen molar-refractivity contribution in [2.24, 2.45) is 0 Å². The molecule has 0 fully saturated rings. The lowest BCUT2D eigenvalue weighted by Crippen LogP contribution is -2.07. The van der Waals surface area contributed by atoms with Gasteiger partial charge in [-0.1, -0.05) is 134 Å². The predicted octanol–water partition coefficient (Wildman–Crippen LogP) is 8.83. The van der Waals surface area contributed by atoms with Crippen LogP contribution in [0.15, 0.2) is 134 Å². The average molecular weight is 420 g/mol. The molecule has 6 aromatic carbocycles. The lowest BCUT2D eigenvalue weighted by atomic mass is 9.78. The van der Waals surface area contributed by atoms with E-state index in [0.29, 0.717) is 0 Å². The fraction of sp³-hybridized carbons (Fsp3) is 0. The van der Waals surface area contributed by atoms with E-state index in [1.165, 1.54) is 54.9 Å². The minimum absolute atomic E-state index is 1.04. The van der Waals surface area contributed by atoms with Gasteiger partial charge in [-0.3, -0.25) is 0 Å². The van der Waals surface area contributed by atoms with E-state index in [4.69, 9.17) is 6.58 Å². The van der Waals surface area contributed by atoms with Crippen LogP contribution in [0.3, 0.4) is 0 Å². The predicted molar refractivity (Wildman–Crippen MR) is 142 cm³/mol. The van der Waals surface area contributed by atoms with Gasteiger partial charge in [-0.25, -0.2) is 0 Å². The van der Waals surface area contributed by atoms with Crippen LogP contribution in [0.4, 0.5) is 0 Å². The fourth-order valence-corrected chi connectivity index (χ4v) is 4.98. The maximum atomic E-state index is 4.70. The quantitative estimate of drug-likeness (QED) is 0.268. The summed E-state index contributed by atoms with van der Waals surface area (Å²) in [4.78, 5) is 0. The molecule has 0 nitrogen and oxygen atoms in total. The Morgan fingerprint density at radius 1 is 0.364 bits per heavy atom. The highest BCUT2D eigenvalue weighted by molar-refractivity contribution is 6.04. The molecule has 0 aliphatic carbocycles. The Labute approximate surface area is 194 Å². The molecule has 0 aliphatic rings. The van der Waals surface area contributed by atoms with Crippen LogP contribution in [0.5, 0.6) is 0 Å². The van der Waals surface area contributed by atoms with Gasteiger partial charge in [0, 0.05) is 0 Å². The Bertz CT molecular complexity index is 1540. The monoisotopic (exact) mass is 419 g/mol. The van der Waals surface area contributed by atoms with Crippen LogP contribution in [0, 0.1) is 5.92 Å². The van der Waals surface area contributed by atoms with Crippen molar-refractivity contribution in [1.82, 2.24) is 0 Å². The maximum Gasteiger partial charge on any atom is 0.0641 e. The zero-order chi connectivity index (χ0) is 22.2. The summed E-state index contributed by atoms with van der Waals surface area (Å²) in [6, 6.07) is 45.4. The number of hydrogen-bond donors (Lipinski definition) is 0. The molecular weight excluding hydrogens is 396 g/mol. The molecule has 0 bridgehead atoms. The Kier molecular flexibility index (Phi) is 4.78. The normalized spacial score (nSPS) is 11.4. The van der Waals surface area contributed by atoms with Crippen LogP contribution in [0.1, 0.15) is 16.7 Å². The van der Waals surface area contributed by atoms with Crippen molar-refractivity contribution in [2.75, 3.05) is 0 Å². The summed E-state index contributed by atoms with van der Waals surface area (Å²) in [7, 11) is 0. The molecule has 0 spiro atoms. The topological polar surface area (TPSA) is 0 Å². The Balaban J connectivity index is 1.67. The second-order valence-corrected chi connectivity index (χ2v) is 8.43. The molecular formula is C33H23. The smallest absolute Gasteiger partial charge is 0.0641 e. The summed E-state index contributed by atoms with van der Waals surface area (Å²) in [6.07, 6.45) is 0. The van der Waals surface area contributed by atoms with Crippen LogP contribution >= 0.6 is 0 Å². The Morgan fingerprint density at radius 2 is 0.697 bits per heavy atom. The fourth-order valence-electron chi connectivity index (χ4n) is 4.98. The van der Waals surface area contributed by atoms with Gasteiger partial charge in [-0.2, -0.15) is 0 Å². The zero-order valence-electron chi connectivity index (χ0n) is 18.3. The molecule has 33 heavy (non-hydrogen) atoms. The minimum atomic E-state index is 1.04. The number of rotatable bonds is 4. The first kappa shape index (κ1) is 19.5. The van der Waals surface area contributed by atoms with E-state index in [-0.39, 0.29) is 0 Å². The molecule has 0 heteroatoms. The highest BCUT2D eigenvalue weighted by atomic mass is 14.3. The van der Waals surface area contributed by atoms with Crippen molar-refractivity contribution in [3.05, 3.63) is 157 Å². The first-order valence-electron chi connectivity index (χ1n) is 11.3. The molecule has 0 saturated carbocycles. The molecule has 0 aliphatic heterocycles. The van der Waals surface area contributed by atoms with Crippen molar-refractivity contribution >= 4 is 37.9 Å². The molecule has 6 aromatic rings. The SMILES string of the molecule is C=C([C](c1cccc2ccccc12)c1cccc2ccccc12)c1cccc2ccccc12. The van der Waals surface area contributed by atoms with Crippen LogP contribution < -0.4 is 0 Å². The highest BCUT2D eigenvalue weighted by Gasteiger charge is 2.24. The van der Waals surface area contributed by atoms with Gasteiger partial charge < -0.3 is 0 Å². The maximum absolute atomic E-state index is 4.70. The van der Waals surface area contributed by atoms with Crippen LogP contribution in [-0.4, -0.2) is 0 Å². The van der Waals surface area contributed by atoms with Crippen molar-refractivity contribution in [2.45, 2.75) is 0 Å². The van der Waals surface area contributed by atoms with Gasteiger partial charge in [-0.05, 0) is 54.6 Å². The summed E-state index contributed by atoms with van der Waals surface area (Å²) >= 11 is 0. The number of hydrogen-bond acceptors (Lipinski definition) is 0. The third-order valence-electron chi connectivity index (χ3n) is 6.53. The second kappa shape index (κ2) is 8.07. The van der Waals surface area contributed by atoms with Gasteiger partial charge >= 0.3 is 0 Å². The molecule has 0 amide bonds. The van der Waals surface area contributed by atoms with Crippen molar-refractivity contribution in [1.29, 1.82) is 0 Å². The van der Waals surface area contributed by atoms with E-state index in [9.17, 15) is 0 Å². The third kappa shape index (κ3) is 3.32. The molecule has 0 N–H and O–H groups in total. The lowest BCUT2D eigenvalue weighted by molar-refractivity contribution is 1.35. The average Bonchev–Trinajstić information content (AvgIpc) is 2.89. The first-order chi connectivity index (χ1) is 16.3. The molecule has 0 atom stereocenters. The second-order valence-electron chi connectivity index (χ2n) is 8.43. The molecule has 155 valence electrons. The summed E-state index contributed by atoms with van der Waals surface area (Å²) < 4.78 is 0. The molecule has 0 heterocycles. The molecule has 0 unspecified atom stereocenters. The van der Waals surface area contributed by atoms with Gasteiger partial charge in [0.05, 0.1) is 5.92 Å². The highest BCUT2D eigenvalue weighted by Crippen LogP contribution is 2.43. The van der Waals surface area contributed by atoms with Crippen molar-refractivity contribution in [3.8, 4) is 0 Å². The molecule has 6 rings (SSSR count). The summed E-state index contributed by atoms with van der Waals surface area (Å²) in [5, 5.41) is 7.40. The standard InChI is InChI=1S/C33H23/c1-23(27-20-8-14-24-11-2-5-17-28(24)27)33(31-21-9-15-25-12-3-6-18-29(25)31)32-22-10-16-26-13-4-7-19-30(26)32/h2-22H,1H2. The zero-order valence-corrected chi connectivity index (χ0v) is 18.3. The van der Waals surface area contributed by atoms with Gasteiger partial charge in [0.15, 0.2) is 0 Å². The van der Waals surface area contributed by atoms with Gasteiger partial charge in [-0.15, -0.1) is 0 Å². The first-order valence-corrected chi connectivity index (χ1v) is 11.3. The lowest BCUT2D eigenvalue weighted by Gasteiger charge is -2.24. The van der Waals surface area contributed by atoms with Gasteiger partial charge in [0.25, 0.3) is 0 Å². The van der Waals surface area contributed by atoms with Crippen molar-refractivity contribution in [3.63, 3.8) is 0 Å². The molecule has 0 aromatic heterocycles. The van der Waals surface area contributed by atoms with Crippen molar-refractivity contribution < 1.29 is 0 Å². The van der Waals surface area contributed by atoms with E-state index in [1.54, 1.807) is 0 Å². The number of allylic oxidation sites excluding steroid dienone is 1. The number of fused-ring (bicyclic) bond motifs is 3. The van der Waals surface area contributed by atoms with E-state index in [0.717, 1.165) is 5.57 Å². The van der Waals surface area contributed by atoms with E-state index < -0.39 is 0 Å².